The molecule has 1 aliphatic heterocycles. The molecule has 148 valence electrons. The Hall–Kier alpha value is -2.83. The number of nitrogens with zero attached hydrogens (tertiary/aromatic N) is 4. The van der Waals surface area contributed by atoms with Crippen molar-refractivity contribution in [1.82, 2.24) is 30.4 Å². The number of H-pyrrole nitrogens is 1. The van der Waals surface area contributed by atoms with Gasteiger partial charge in [0.25, 0.3) is 0 Å². The quantitative estimate of drug-likeness (QED) is 0.349. The Morgan fingerprint density at radius 1 is 1.36 bits per heavy atom. The minimum absolute atomic E-state index is 0.168. The Labute approximate surface area is 165 Å². The first-order valence-electron chi connectivity index (χ1n) is 10.3. The van der Waals surface area contributed by atoms with Crippen LogP contribution in [0.3, 0.4) is 0 Å². The zero-order valence-corrected chi connectivity index (χ0v) is 16.7. The molecule has 0 spiro atoms. The second-order valence-corrected chi connectivity index (χ2v) is 7.30. The van der Waals surface area contributed by atoms with Crippen molar-refractivity contribution in [3.05, 3.63) is 47.7 Å². The standard InChI is InChI=1S/C21H29N7/c1-3-22-21(26-19-11-7-13-28-20(19)25-15(2)27-28)23-12-6-8-16-14-24-18-10-5-4-9-17(16)18/h4-5,9-10,14,19,24H,3,6-8,11-13H2,1-2H3,(H2,22,23,26). The SMILES string of the molecule is CCNC(=NCCCc1c[nH]c2ccccc12)NC1CCCn2nc(C)nc21. The Morgan fingerprint density at radius 3 is 3.14 bits per heavy atom. The summed E-state index contributed by atoms with van der Waals surface area (Å²) in [7, 11) is 0. The summed E-state index contributed by atoms with van der Waals surface area (Å²) in [5.41, 5.74) is 2.56. The van der Waals surface area contributed by atoms with Crippen LogP contribution in [0.2, 0.25) is 0 Å². The van der Waals surface area contributed by atoms with Crippen molar-refractivity contribution in [3.63, 3.8) is 0 Å². The highest BCUT2D eigenvalue weighted by Crippen LogP contribution is 2.23. The number of aromatic amines is 1. The van der Waals surface area contributed by atoms with Gasteiger partial charge in [-0.3, -0.25) is 4.99 Å². The zero-order valence-electron chi connectivity index (χ0n) is 16.7. The van der Waals surface area contributed by atoms with E-state index in [1.54, 1.807) is 0 Å². The molecule has 1 aliphatic rings. The average Bonchev–Trinajstić information content (AvgIpc) is 3.28. The Balaban J connectivity index is 1.37. The lowest BCUT2D eigenvalue weighted by molar-refractivity contribution is 0.397. The van der Waals surface area contributed by atoms with Gasteiger partial charge in [-0.15, -0.1) is 0 Å². The van der Waals surface area contributed by atoms with Gasteiger partial charge in [-0.2, -0.15) is 5.10 Å². The zero-order chi connectivity index (χ0) is 19.3. The van der Waals surface area contributed by atoms with Gasteiger partial charge in [0.2, 0.25) is 0 Å². The first-order valence-corrected chi connectivity index (χ1v) is 10.3. The summed E-state index contributed by atoms with van der Waals surface area (Å²) in [5.74, 6) is 2.72. The van der Waals surface area contributed by atoms with Crippen molar-refractivity contribution < 1.29 is 0 Å². The van der Waals surface area contributed by atoms with Gasteiger partial charge in [0.05, 0.1) is 6.04 Å². The number of aryl methyl sites for hydroxylation is 3. The van der Waals surface area contributed by atoms with Crippen molar-refractivity contribution in [1.29, 1.82) is 0 Å². The predicted octanol–water partition coefficient (Wildman–Crippen LogP) is 3.09. The van der Waals surface area contributed by atoms with Gasteiger partial charge < -0.3 is 15.6 Å². The molecule has 0 fully saturated rings. The molecule has 3 heterocycles. The summed E-state index contributed by atoms with van der Waals surface area (Å²) >= 11 is 0. The molecule has 7 nitrogen and oxygen atoms in total. The highest BCUT2D eigenvalue weighted by molar-refractivity contribution is 5.83. The highest BCUT2D eigenvalue weighted by Gasteiger charge is 2.24. The first kappa shape index (κ1) is 18.5. The lowest BCUT2D eigenvalue weighted by Crippen LogP contribution is -2.41. The molecule has 2 aromatic heterocycles. The first-order chi connectivity index (χ1) is 13.7. The number of guanidine groups is 1. The summed E-state index contributed by atoms with van der Waals surface area (Å²) in [5, 5.41) is 12.7. The van der Waals surface area contributed by atoms with Crippen molar-refractivity contribution in [2.24, 2.45) is 4.99 Å². The smallest absolute Gasteiger partial charge is 0.191 e. The molecule has 0 amide bonds. The lowest BCUT2D eigenvalue weighted by Gasteiger charge is -2.25. The van der Waals surface area contributed by atoms with Crippen LogP contribution in [0.15, 0.2) is 35.5 Å². The van der Waals surface area contributed by atoms with Crippen molar-refractivity contribution >= 4 is 16.9 Å². The molecule has 4 rings (SSSR count). The third-order valence-corrected chi connectivity index (χ3v) is 5.18. The topological polar surface area (TPSA) is 82.9 Å². The van der Waals surface area contributed by atoms with E-state index >= 15 is 0 Å². The van der Waals surface area contributed by atoms with E-state index in [0.29, 0.717) is 0 Å². The average molecular weight is 380 g/mol. The van der Waals surface area contributed by atoms with Gasteiger partial charge in [0, 0.05) is 36.7 Å². The molecule has 1 unspecified atom stereocenters. The molecule has 1 atom stereocenters. The highest BCUT2D eigenvalue weighted by atomic mass is 15.4. The number of rotatable bonds is 6. The fourth-order valence-corrected chi connectivity index (χ4v) is 3.89. The fourth-order valence-electron chi connectivity index (χ4n) is 3.89. The molecule has 0 aliphatic carbocycles. The number of hydrogen-bond donors (Lipinski definition) is 3. The number of aliphatic imine (C=N–C) groups is 1. The van der Waals surface area contributed by atoms with Crippen LogP contribution in [-0.4, -0.2) is 38.8 Å². The summed E-state index contributed by atoms with van der Waals surface area (Å²) in [6, 6.07) is 8.62. The van der Waals surface area contributed by atoms with Crippen LogP contribution in [0.1, 0.15) is 49.4 Å². The molecule has 1 aromatic carbocycles. The van der Waals surface area contributed by atoms with E-state index in [2.05, 4.69) is 63.1 Å². The number of hydrogen-bond acceptors (Lipinski definition) is 3. The minimum atomic E-state index is 0.168. The molecule has 0 saturated heterocycles. The van der Waals surface area contributed by atoms with Gasteiger partial charge >= 0.3 is 0 Å². The van der Waals surface area contributed by atoms with Crippen LogP contribution in [0.5, 0.6) is 0 Å². The Kier molecular flexibility index (Phi) is 5.60. The van der Waals surface area contributed by atoms with Crippen LogP contribution in [0, 0.1) is 6.92 Å². The summed E-state index contributed by atoms with van der Waals surface area (Å²) in [4.78, 5) is 12.7. The normalized spacial score (nSPS) is 16.9. The molecular weight excluding hydrogens is 350 g/mol. The lowest BCUT2D eigenvalue weighted by atomic mass is 10.1. The van der Waals surface area contributed by atoms with Gasteiger partial charge in [-0.05, 0) is 51.2 Å². The van der Waals surface area contributed by atoms with E-state index < -0.39 is 0 Å². The fraction of sp³-hybridized carbons (Fsp3) is 0.476. The van der Waals surface area contributed by atoms with Gasteiger partial charge in [-0.25, -0.2) is 9.67 Å². The summed E-state index contributed by atoms with van der Waals surface area (Å²) in [6.45, 7) is 6.62. The van der Waals surface area contributed by atoms with Crippen molar-refractivity contribution in [3.8, 4) is 0 Å². The Bertz CT molecular complexity index is 953. The molecule has 0 saturated carbocycles. The number of fused-ring (bicyclic) bond motifs is 2. The van der Waals surface area contributed by atoms with E-state index in [1.807, 2.05) is 11.6 Å². The van der Waals surface area contributed by atoms with Gasteiger partial charge in [-0.1, -0.05) is 18.2 Å². The van der Waals surface area contributed by atoms with E-state index in [4.69, 9.17) is 4.99 Å². The maximum absolute atomic E-state index is 4.79. The molecule has 3 N–H and O–H groups in total. The van der Waals surface area contributed by atoms with Crippen LogP contribution < -0.4 is 10.6 Å². The number of nitrogens with one attached hydrogen (secondary N) is 3. The van der Waals surface area contributed by atoms with E-state index in [0.717, 1.165) is 62.9 Å². The molecule has 0 radical (unpaired) electrons. The molecular formula is C21H29N7. The Morgan fingerprint density at radius 2 is 2.25 bits per heavy atom. The third-order valence-electron chi connectivity index (χ3n) is 5.18. The second kappa shape index (κ2) is 8.46. The molecule has 3 aromatic rings. The van der Waals surface area contributed by atoms with Crippen molar-refractivity contribution in [2.75, 3.05) is 13.1 Å². The van der Waals surface area contributed by atoms with Crippen LogP contribution in [0.25, 0.3) is 10.9 Å². The summed E-state index contributed by atoms with van der Waals surface area (Å²) < 4.78 is 2.02. The minimum Gasteiger partial charge on any atom is -0.361 e. The number of para-hydroxylation sites is 1. The second-order valence-electron chi connectivity index (χ2n) is 7.30. The van der Waals surface area contributed by atoms with Gasteiger partial charge in [0.1, 0.15) is 11.6 Å². The van der Waals surface area contributed by atoms with E-state index in [9.17, 15) is 0 Å². The predicted molar refractivity (Wildman–Crippen MR) is 112 cm³/mol. The largest absolute Gasteiger partial charge is 0.361 e. The van der Waals surface area contributed by atoms with E-state index in [1.165, 1.54) is 16.5 Å². The van der Waals surface area contributed by atoms with Crippen LogP contribution in [0.4, 0.5) is 0 Å². The molecule has 7 heteroatoms. The van der Waals surface area contributed by atoms with Gasteiger partial charge in [0.15, 0.2) is 5.96 Å². The van der Waals surface area contributed by atoms with Crippen molar-refractivity contribution in [2.45, 2.75) is 52.1 Å². The maximum Gasteiger partial charge on any atom is 0.191 e. The third kappa shape index (κ3) is 4.03. The monoisotopic (exact) mass is 379 g/mol. The van der Waals surface area contributed by atoms with Crippen LogP contribution >= 0.6 is 0 Å². The van der Waals surface area contributed by atoms with E-state index in [-0.39, 0.29) is 6.04 Å². The summed E-state index contributed by atoms with van der Waals surface area (Å²) in [6.07, 6.45) is 6.31. The van der Waals surface area contributed by atoms with Crippen LogP contribution in [-0.2, 0) is 13.0 Å². The maximum atomic E-state index is 4.79. The molecule has 28 heavy (non-hydrogen) atoms. The number of benzene rings is 1. The molecule has 0 bridgehead atoms. The number of aromatic nitrogens is 4.